The lowest BCUT2D eigenvalue weighted by Crippen LogP contribution is -2.41. The van der Waals surface area contributed by atoms with Crippen LogP contribution in [0.4, 0.5) is 10.5 Å². The second-order valence-electron chi connectivity index (χ2n) is 6.43. The molecule has 0 saturated carbocycles. The van der Waals surface area contributed by atoms with Gasteiger partial charge in [0.2, 0.25) is 0 Å². The van der Waals surface area contributed by atoms with E-state index in [2.05, 4.69) is 18.5 Å². The zero-order valence-electron chi connectivity index (χ0n) is 17.5. The number of amides is 3. The first-order chi connectivity index (χ1) is 15.7. The largest absolute Gasteiger partial charge is 0.452 e. The number of rotatable bonds is 10. The predicted molar refractivity (Wildman–Crippen MR) is 125 cm³/mol. The smallest absolute Gasteiger partial charge is 0.338 e. The Kier molecular flexibility index (Phi) is 9.19. The minimum atomic E-state index is -4.12. The number of nitrogens with zero attached hydrogens (tertiary/aromatic N) is 1. The van der Waals surface area contributed by atoms with E-state index in [-0.39, 0.29) is 34.3 Å². The van der Waals surface area contributed by atoms with Gasteiger partial charge in [0.1, 0.15) is 0 Å². The van der Waals surface area contributed by atoms with Crippen molar-refractivity contribution in [3.05, 3.63) is 84.4 Å². The summed E-state index contributed by atoms with van der Waals surface area (Å²) in [7, 11) is -4.12. The molecule has 0 bridgehead atoms. The van der Waals surface area contributed by atoms with E-state index >= 15 is 0 Å². The number of anilines is 1. The van der Waals surface area contributed by atoms with E-state index in [1.54, 1.807) is 24.3 Å². The van der Waals surface area contributed by atoms with Crippen molar-refractivity contribution >= 4 is 45.2 Å². The number of sulfonamides is 1. The maximum atomic E-state index is 13.3. The molecule has 0 fully saturated rings. The van der Waals surface area contributed by atoms with Crippen LogP contribution in [-0.2, 0) is 19.6 Å². The standard InChI is InChI=1S/C22H22ClN3O6S/c1-3-12-24-22(29)25-20(27)15-32-21(28)16-8-7-9-17(14-16)33(30,31)26(13-4-2)19-11-6-5-10-18(19)23/h3-11,14H,1-2,12-13,15H2,(H2,24,25,27,29). The first-order valence-electron chi connectivity index (χ1n) is 9.54. The molecule has 11 heteroatoms. The summed E-state index contributed by atoms with van der Waals surface area (Å²) in [5.41, 5.74) is 0.149. The first-order valence-corrected chi connectivity index (χ1v) is 11.4. The summed E-state index contributed by atoms with van der Waals surface area (Å²) < 4.78 is 32.5. The summed E-state index contributed by atoms with van der Waals surface area (Å²) in [5.74, 6) is -1.80. The van der Waals surface area contributed by atoms with E-state index in [0.29, 0.717) is 0 Å². The van der Waals surface area contributed by atoms with Crippen LogP contribution >= 0.6 is 11.6 Å². The lowest BCUT2D eigenvalue weighted by molar-refractivity contribution is -0.123. The summed E-state index contributed by atoms with van der Waals surface area (Å²) in [5, 5.41) is 4.52. The number of esters is 1. The predicted octanol–water partition coefficient (Wildman–Crippen LogP) is 2.89. The van der Waals surface area contributed by atoms with Gasteiger partial charge in [-0.1, -0.05) is 42.0 Å². The molecule has 0 aromatic heterocycles. The molecule has 0 radical (unpaired) electrons. The van der Waals surface area contributed by atoms with E-state index in [1.165, 1.54) is 30.4 Å². The first kappa shape index (κ1) is 25.6. The molecule has 33 heavy (non-hydrogen) atoms. The summed E-state index contributed by atoms with van der Waals surface area (Å²) in [6.45, 7) is 6.36. The molecule has 0 aliphatic carbocycles. The normalized spacial score (nSPS) is 10.6. The number of carbonyl (C=O) groups is 3. The third-order valence-electron chi connectivity index (χ3n) is 4.07. The van der Waals surface area contributed by atoms with Gasteiger partial charge in [-0.25, -0.2) is 18.0 Å². The maximum Gasteiger partial charge on any atom is 0.338 e. The molecule has 9 nitrogen and oxygen atoms in total. The molecule has 0 atom stereocenters. The molecule has 0 aliphatic rings. The van der Waals surface area contributed by atoms with E-state index in [4.69, 9.17) is 16.3 Å². The number of ether oxygens (including phenoxy) is 1. The molecule has 3 amide bonds. The lowest BCUT2D eigenvalue weighted by atomic mass is 10.2. The van der Waals surface area contributed by atoms with Crippen LogP contribution in [0.3, 0.4) is 0 Å². The fourth-order valence-corrected chi connectivity index (χ4v) is 4.38. The quantitative estimate of drug-likeness (QED) is 0.389. The number of urea groups is 1. The van der Waals surface area contributed by atoms with E-state index in [1.807, 2.05) is 5.32 Å². The van der Waals surface area contributed by atoms with Crippen LogP contribution in [0.5, 0.6) is 0 Å². The van der Waals surface area contributed by atoms with Crippen molar-refractivity contribution < 1.29 is 27.5 Å². The topological polar surface area (TPSA) is 122 Å². The van der Waals surface area contributed by atoms with Crippen molar-refractivity contribution in [1.82, 2.24) is 10.6 Å². The Morgan fingerprint density at radius 1 is 1.06 bits per heavy atom. The fraction of sp³-hybridized carbons (Fsp3) is 0.136. The van der Waals surface area contributed by atoms with Crippen LogP contribution in [0.2, 0.25) is 5.02 Å². The van der Waals surface area contributed by atoms with Crippen molar-refractivity contribution in [1.29, 1.82) is 0 Å². The van der Waals surface area contributed by atoms with E-state index in [0.717, 1.165) is 10.4 Å². The molecule has 0 aliphatic heterocycles. The Labute approximate surface area is 196 Å². The van der Waals surface area contributed by atoms with Crippen molar-refractivity contribution in [3.8, 4) is 0 Å². The van der Waals surface area contributed by atoms with Crippen LogP contribution in [0.1, 0.15) is 10.4 Å². The third-order valence-corrected chi connectivity index (χ3v) is 6.16. The van der Waals surface area contributed by atoms with Gasteiger partial charge in [-0.05, 0) is 30.3 Å². The fourth-order valence-electron chi connectivity index (χ4n) is 2.59. The number of para-hydroxylation sites is 1. The molecule has 0 saturated heterocycles. The van der Waals surface area contributed by atoms with Gasteiger partial charge in [0, 0.05) is 6.54 Å². The van der Waals surface area contributed by atoms with Crippen LogP contribution in [0, 0.1) is 0 Å². The molecule has 174 valence electrons. The second kappa shape index (κ2) is 11.8. The van der Waals surface area contributed by atoms with Crippen LogP contribution < -0.4 is 14.9 Å². The van der Waals surface area contributed by atoms with Crippen molar-refractivity contribution in [2.24, 2.45) is 0 Å². The van der Waals surface area contributed by atoms with Crippen LogP contribution in [0.25, 0.3) is 0 Å². The van der Waals surface area contributed by atoms with Gasteiger partial charge in [-0.15, -0.1) is 13.2 Å². The highest BCUT2D eigenvalue weighted by molar-refractivity contribution is 7.92. The Bertz CT molecular complexity index is 1170. The number of carbonyl (C=O) groups excluding carboxylic acids is 3. The molecule has 0 spiro atoms. The van der Waals surface area contributed by atoms with E-state index in [9.17, 15) is 22.8 Å². The summed E-state index contributed by atoms with van der Waals surface area (Å²) in [6, 6.07) is 10.8. The van der Waals surface area contributed by atoms with Gasteiger partial charge in [0.15, 0.2) is 6.61 Å². The second-order valence-corrected chi connectivity index (χ2v) is 8.70. The Morgan fingerprint density at radius 3 is 2.45 bits per heavy atom. The highest BCUT2D eigenvalue weighted by atomic mass is 35.5. The maximum absolute atomic E-state index is 13.3. The van der Waals surface area contributed by atoms with Gasteiger partial charge in [0.25, 0.3) is 15.9 Å². The summed E-state index contributed by atoms with van der Waals surface area (Å²) in [6.07, 6.45) is 2.83. The monoisotopic (exact) mass is 491 g/mol. The number of hydrogen-bond acceptors (Lipinski definition) is 6. The Balaban J connectivity index is 2.18. The molecule has 2 aromatic rings. The Morgan fingerprint density at radius 2 is 1.79 bits per heavy atom. The number of benzene rings is 2. The highest BCUT2D eigenvalue weighted by Crippen LogP contribution is 2.30. The molecular weight excluding hydrogens is 470 g/mol. The minimum absolute atomic E-state index is 0.0607. The van der Waals surface area contributed by atoms with Crippen molar-refractivity contribution in [2.45, 2.75) is 4.90 Å². The van der Waals surface area contributed by atoms with Crippen LogP contribution in [-0.4, -0.2) is 46.0 Å². The SMILES string of the molecule is C=CCNC(=O)NC(=O)COC(=O)c1cccc(S(=O)(=O)N(CC=C)c2ccccc2Cl)c1. The molecular formula is C22H22ClN3O6S. The van der Waals surface area contributed by atoms with Crippen molar-refractivity contribution in [3.63, 3.8) is 0 Å². The number of hydrogen-bond donors (Lipinski definition) is 2. The average molecular weight is 492 g/mol. The molecule has 2 N–H and O–H groups in total. The number of nitrogens with one attached hydrogen (secondary N) is 2. The number of halogens is 1. The molecule has 2 rings (SSSR count). The summed E-state index contributed by atoms with van der Waals surface area (Å²) in [4.78, 5) is 35.3. The summed E-state index contributed by atoms with van der Waals surface area (Å²) >= 11 is 6.18. The van der Waals surface area contributed by atoms with Gasteiger partial charge in [0.05, 0.1) is 27.7 Å². The molecule has 0 unspecified atom stereocenters. The highest BCUT2D eigenvalue weighted by Gasteiger charge is 2.26. The van der Waals surface area contributed by atoms with Crippen molar-refractivity contribution in [2.75, 3.05) is 24.0 Å². The van der Waals surface area contributed by atoms with Gasteiger partial charge in [-0.3, -0.25) is 14.4 Å². The van der Waals surface area contributed by atoms with Crippen LogP contribution in [0.15, 0.2) is 78.7 Å². The lowest BCUT2D eigenvalue weighted by Gasteiger charge is -2.24. The van der Waals surface area contributed by atoms with E-state index < -0.39 is 34.5 Å². The Hall–Kier alpha value is -3.63. The van der Waals surface area contributed by atoms with Gasteiger partial charge in [-0.2, -0.15) is 0 Å². The third kappa shape index (κ3) is 6.93. The van der Waals surface area contributed by atoms with Gasteiger partial charge < -0.3 is 10.1 Å². The zero-order chi connectivity index (χ0) is 24.4. The average Bonchev–Trinajstić information content (AvgIpc) is 2.80. The minimum Gasteiger partial charge on any atom is -0.452 e. The zero-order valence-corrected chi connectivity index (χ0v) is 19.1. The molecule has 0 heterocycles. The van der Waals surface area contributed by atoms with Gasteiger partial charge >= 0.3 is 12.0 Å². The molecule has 2 aromatic carbocycles. The number of imide groups is 1.